The molecule has 5 rings (SSSR count). The lowest BCUT2D eigenvalue weighted by Crippen LogP contribution is -2.48. The zero-order chi connectivity index (χ0) is 29.3. The molecular weight excluding hydrogens is 613 g/mol. The molecule has 2 fully saturated rings. The van der Waals surface area contributed by atoms with Crippen LogP contribution in [-0.2, 0) is 19.6 Å². The molecule has 2 aliphatic heterocycles. The van der Waals surface area contributed by atoms with E-state index in [2.05, 4.69) is 15.9 Å². The maximum Gasteiger partial charge on any atom is 0.338 e. The number of sulfonamides is 1. The van der Waals surface area contributed by atoms with Gasteiger partial charge in [0.15, 0.2) is 6.10 Å². The summed E-state index contributed by atoms with van der Waals surface area (Å²) in [6.07, 6.45) is 0.0988. The van der Waals surface area contributed by atoms with E-state index in [4.69, 9.17) is 4.74 Å². The Labute approximate surface area is 247 Å². The SMILES string of the molecule is Cc1cc(Br)cc(C)c1N1CCCC(OC(=O)c2cccc(S(=O)(=O)N3CCN(c4ccc(F)cc4)CC3)c2)C1=O. The number of carbonyl (C=O) groups is 2. The number of anilines is 2. The molecular formula is C30H31BrFN3O5S. The molecule has 216 valence electrons. The van der Waals surface area contributed by atoms with Crippen molar-refractivity contribution >= 4 is 49.2 Å². The third kappa shape index (κ3) is 6.17. The van der Waals surface area contributed by atoms with Crippen molar-refractivity contribution in [2.45, 2.75) is 37.7 Å². The number of hydrogen-bond donors (Lipinski definition) is 0. The molecule has 2 saturated heterocycles. The Morgan fingerprint density at radius 1 is 0.951 bits per heavy atom. The standard InChI is InChI=1S/C30H31BrFN3O5S/c1-20-17-23(31)18-21(2)28(20)35-12-4-7-27(29(35)36)40-30(37)22-5-3-6-26(19-22)41(38,39)34-15-13-33(14-16-34)25-10-8-24(32)9-11-25/h3,5-6,8-11,17-19,27H,4,7,12-16H2,1-2H3. The van der Waals surface area contributed by atoms with Crippen LogP contribution in [0.25, 0.3) is 0 Å². The number of aryl methyl sites for hydroxylation is 2. The Bertz CT molecular complexity index is 1550. The minimum Gasteiger partial charge on any atom is -0.449 e. The van der Waals surface area contributed by atoms with Crippen molar-refractivity contribution < 1.29 is 27.1 Å². The van der Waals surface area contributed by atoms with Crippen molar-refractivity contribution in [2.24, 2.45) is 0 Å². The lowest BCUT2D eigenvalue weighted by Gasteiger charge is -2.35. The Morgan fingerprint density at radius 3 is 2.27 bits per heavy atom. The summed E-state index contributed by atoms with van der Waals surface area (Å²) in [6.45, 7) is 5.79. The summed E-state index contributed by atoms with van der Waals surface area (Å²) in [7, 11) is -3.87. The van der Waals surface area contributed by atoms with Crippen LogP contribution in [0, 0.1) is 19.7 Å². The van der Waals surface area contributed by atoms with Crippen LogP contribution in [-0.4, -0.2) is 63.4 Å². The van der Waals surface area contributed by atoms with E-state index in [1.165, 1.54) is 40.7 Å². The summed E-state index contributed by atoms with van der Waals surface area (Å²) in [5.41, 5.74) is 3.58. The molecule has 0 spiro atoms. The van der Waals surface area contributed by atoms with Gasteiger partial charge in [-0.25, -0.2) is 17.6 Å². The topological polar surface area (TPSA) is 87.2 Å². The highest BCUT2D eigenvalue weighted by molar-refractivity contribution is 9.10. The molecule has 0 N–H and O–H groups in total. The molecule has 0 saturated carbocycles. The lowest BCUT2D eigenvalue weighted by atomic mass is 10.0. The van der Waals surface area contributed by atoms with E-state index in [1.807, 2.05) is 30.9 Å². The van der Waals surface area contributed by atoms with E-state index in [0.29, 0.717) is 32.5 Å². The third-order valence-electron chi connectivity index (χ3n) is 7.50. The summed E-state index contributed by atoms with van der Waals surface area (Å²) in [5, 5.41) is 0. The van der Waals surface area contributed by atoms with Crippen molar-refractivity contribution in [3.63, 3.8) is 0 Å². The van der Waals surface area contributed by atoms with E-state index in [9.17, 15) is 22.4 Å². The molecule has 8 nitrogen and oxygen atoms in total. The van der Waals surface area contributed by atoms with Gasteiger partial charge in [-0.15, -0.1) is 0 Å². The number of carbonyl (C=O) groups excluding carboxylic acids is 2. The first kappa shape index (κ1) is 29.2. The van der Waals surface area contributed by atoms with Gasteiger partial charge in [0.2, 0.25) is 10.0 Å². The van der Waals surface area contributed by atoms with Crippen molar-refractivity contribution in [2.75, 3.05) is 42.5 Å². The summed E-state index contributed by atoms with van der Waals surface area (Å²) < 4.78 is 48.1. The first-order valence-corrected chi connectivity index (χ1v) is 15.7. The van der Waals surface area contributed by atoms with Gasteiger partial charge in [0, 0.05) is 48.6 Å². The van der Waals surface area contributed by atoms with E-state index >= 15 is 0 Å². The van der Waals surface area contributed by atoms with E-state index in [-0.39, 0.29) is 35.3 Å². The van der Waals surface area contributed by atoms with Gasteiger partial charge >= 0.3 is 5.97 Å². The van der Waals surface area contributed by atoms with Gasteiger partial charge in [0.25, 0.3) is 5.91 Å². The molecule has 1 atom stereocenters. The van der Waals surface area contributed by atoms with Crippen LogP contribution < -0.4 is 9.80 Å². The number of piperidine rings is 1. The smallest absolute Gasteiger partial charge is 0.338 e. The van der Waals surface area contributed by atoms with E-state index in [0.717, 1.165) is 27.0 Å². The fraction of sp³-hybridized carbons (Fsp3) is 0.333. The molecule has 11 heteroatoms. The number of rotatable bonds is 6. The number of halogens is 2. The van der Waals surface area contributed by atoms with E-state index < -0.39 is 22.1 Å². The summed E-state index contributed by atoms with van der Waals surface area (Å²) in [6, 6.07) is 15.7. The van der Waals surface area contributed by atoms with Crippen molar-refractivity contribution in [3.8, 4) is 0 Å². The Hall–Kier alpha value is -3.28. The molecule has 2 aliphatic rings. The predicted octanol–water partition coefficient (Wildman–Crippen LogP) is 5.07. The van der Waals surface area contributed by atoms with Crippen LogP contribution >= 0.6 is 15.9 Å². The minimum atomic E-state index is -3.87. The van der Waals surface area contributed by atoms with Gasteiger partial charge in [0.1, 0.15) is 5.82 Å². The van der Waals surface area contributed by atoms with Crippen molar-refractivity contribution in [1.29, 1.82) is 0 Å². The normalized spacial score (nSPS) is 18.4. The van der Waals surface area contributed by atoms with Gasteiger partial charge in [-0.3, -0.25) is 4.79 Å². The summed E-state index contributed by atoms with van der Waals surface area (Å²) in [5.74, 6) is -1.36. The molecule has 1 unspecified atom stereocenters. The molecule has 0 aliphatic carbocycles. The molecule has 0 aromatic heterocycles. The maximum atomic E-state index is 13.4. The van der Waals surface area contributed by atoms with Crippen LogP contribution in [0.15, 0.2) is 70.0 Å². The van der Waals surface area contributed by atoms with Crippen molar-refractivity contribution in [1.82, 2.24) is 4.31 Å². The average molecular weight is 645 g/mol. The van der Waals surface area contributed by atoms with Gasteiger partial charge in [-0.2, -0.15) is 4.31 Å². The van der Waals surface area contributed by atoms with E-state index in [1.54, 1.807) is 17.0 Å². The van der Waals surface area contributed by atoms with Crippen molar-refractivity contribution in [3.05, 3.63) is 87.6 Å². The second-order valence-corrected chi connectivity index (χ2v) is 13.2. The molecule has 0 radical (unpaired) electrons. The van der Waals surface area contributed by atoms with Gasteiger partial charge in [-0.05, 0) is 92.4 Å². The molecule has 0 bridgehead atoms. The second-order valence-electron chi connectivity index (χ2n) is 10.3. The third-order valence-corrected chi connectivity index (χ3v) is 9.85. The van der Waals surface area contributed by atoms with Crippen LogP contribution in [0.3, 0.4) is 0 Å². The van der Waals surface area contributed by atoms with Gasteiger partial charge in [-0.1, -0.05) is 22.0 Å². The quantitative estimate of drug-likeness (QED) is 0.349. The van der Waals surface area contributed by atoms with Crippen LogP contribution in [0.2, 0.25) is 0 Å². The predicted molar refractivity (Wildman–Crippen MR) is 158 cm³/mol. The highest BCUT2D eigenvalue weighted by atomic mass is 79.9. The molecule has 2 heterocycles. The molecule has 1 amide bonds. The fourth-order valence-corrected chi connectivity index (χ4v) is 7.63. The number of ether oxygens (including phenoxy) is 1. The summed E-state index contributed by atoms with van der Waals surface area (Å²) >= 11 is 3.48. The number of hydrogen-bond acceptors (Lipinski definition) is 6. The largest absolute Gasteiger partial charge is 0.449 e. The first-order valence-electron chi connectivity index (χ1n) is 13.4. The Balaban J connectivity index is 1.27. The zero-order valence-electron chi connectivity index (χ0n) is 22.8. The maximum absolute atomic E-state index is 13.4. The Kier molecular flexibility index (Phi) is 8.49. The Morgan fingerprint density at radius 2 is 1.61 bits per heavy atom. The molecule has 41 heavy (non-hydrogen) atoms. The number of nitrogens with zero attached hydrogens (tertiary/aromatic N) is 3. The van der Waals surface area contributed by atoms with Crippen LogP contribution in [0.4, 0.5) is 15.8 Å². The first-order chi connectivity index (χ1) is 19.5. The highest BCUT2D eigenvalue weighted by Crippen LogP contribution is 2.32. The highest BCUT2D eigenvalue weighted by Gasteiger charge is 2.35. The average Bonchev–Trinajstić information content (AvgIpc) is 2.95. The number of benzene rings is 3. The van der Waals surface area contributed by atoms with Crippen LogP contribution in [0.1, 0.15) is 34.3 Å². The monoisotopic (exact) mass is 643 g/mol. The minimum absolute atomic E-state index is 0.0140. The van der Waals surface area contributed by atoms with Crippen LogP contribution in [0.5, 0.6) is 0 Å². The summed E-state index contributed by atoms with van der Waals surface area (Å²) in [4.78, 5) is 30.1. The second kappa shape index (κ2) is 11.9. The van der Waals surface area contributed by atoms with Gasteiger partial charge < -0.3 is 14.5 Å². The number of esters is 1. The fourth-order valence-electron chi connectivity index (χ4n) is 5.47. The zero-order valence-corrected chi connectivity index (χ0v) is 25.3. The number of piperazine rings is 1. The molecule has 3 aromatic rings. The van der Waals surface area contributed by atoms with Gasteiger partial charge in [0.05, 0.1) is 10.5 Å². The lowest BCUT2D eigenvalue weighted by molar-refractivity contribution is -0.129. The number of amides is 1. The molecule has 3 aromatic carbocycles.